The zero-order valence-electron chi connectivity index (χ0n) is 9.08. The highest BCUT2D eigenvalue weighted by Crippen LogP contribution is 2.31. The summed E-state index contributed by atoms with van der Waals surface area (Å²) in [6.07, 6.45) is 6.77. The van der Waals surface area contributed by atoms with Crippen molar-refractivity contribution in [2.75, 3.05) is 0 Å². The molecule has 1 aromatic rings. The van der Waals surface area contributed by atoms with Crippen LogP contribution in [0.5, 0.6) is 0 Å². The average molecular weight is 190 g/mol. The molecule has 76 valence electrons. The predicted molar refractivity (Wildman–Crippen MR) is 57.3 cm³/mol. The molecular weight excluding hydrogens is 172 g/mol. The van der Waals surface area contributed by atoms with Gasteiger partial charge in [-0.25, -0.2) is 9.97 Å². The first-order valence-corrected chi connectivity index (χ1v) is 5.58. The van der Waals surface area contributed by atoms with E-state index in [0.717, 1.165) is 11.5 Å². The normalized spacial score (nSPS) is 18.4. The molecule has 1 heterocycles. The molecule has 1 fully saturated rings. The van der Waals surface area contributed by atoms with E-state index < -0.39 is 0 Å². The standard InChI is InChI=1S/C12H18N2/c1-9-8-12(14-10(2)13-9)11-6-4-3-5-7-11/h8,11H,3-7H2,1-2H3. The van der Waals surface area contributed by atoms with Gasteiger partial charge in [-0.05, 0) is 32.8 Å². The van der Waals surface area contributed by atoms with Crippen molar-refractivity contribution >= 4 is 0 Å². The Hall–Kier alpha value is -0.920. The van der Waals surface area contributed by atoms with E-state index >= 15 is 0 Å². The van der Waals surface area contributed by atoms with Gasteiger partial charge in [0.25, 0.3) is 0 Å². The van der Waals surface area contributed by atoms with Gasteiger partial charge >= 0.3 is 0 Å². The van der Waals surface area contributed by atoms with Gasteiger partial charge in [0.15, 0.2) is 0 Å². The molecule has 2 nitrogen and oxygen atoms in total. The highest BCUT2D eigenvalue weighted by atomic mass is 14.9. The summed E-state index contributed by atoms with van der Waals surface area (Å²) in [6, 6.07) is 2.16. The predicted octanol–water partition coefficient (Wildman–Crippen LogP) is 3.14. The number of aromatic nitrogens is 2. The highest BCUT2D eigenvalue weighted by Gasteiger charge is 2.17. The molecule has 1 aliphatic rings. The molecule has 0 aromatic carbocycles. The first-order valence-electron chi connectivity index (χ1n) is 5.58. The molecule has 1 aromatic heterocycles. The van der Waals surface area contributed by atoms with E-state index in [2.05, 4.69) is 23.0 Å². The maximum atomic E-state index is 4.55. The lowest BCUT2D eigenvalue weighted by Crippen LogP contribution is -2.08. The van der Waals surface area contributed by atoms with Gasteiger partial charge in [-0.15, -0.1) is 0 Å². The molecule has 0 atom stereocenters. The minimum atomic E-state index is 0.698. The minimum absolute atomic E-state index is 0.698. The van der Waals surface area contributed by atoms with E-state index in [4.69, 9.17) is 0 Å². The van der Waals surface area contributed by atoms with Crippen LogP contribution in [0.4, 0.5) is 0 Å². The van der Waals surface area contributed by atoms with Crippen molar-refractivity contribution in [1.29, 1.82) is 0 Å². The zero-order valence-corrected chi connectivity index (χ0v) is 9.08. The summed E-state index contributed by atoms with van der Waals surface area (Å²) in [6.45, 7) is 4.04. The van der Waals surface area contributed by atoms with Crippen LogP contribution < -0.4 is 0 Å². The van der Waals surface area contributed by atoms with Crippen molar-refractivity contribution in [3.8, 4) is 0 Å². The number of rotatable bonds is 1. The third-order valence-electron chi connectivity index (χ3n) is 3.01. The van der Waals surface area contributed by atoms with Gasteiger partial charge < -0.3 is 0 Å². The van der Waals surface area contributed by atoms with Crippen LogP contribution >= 0.6 is 0 Å². The highest BCUT2D eigenvalue weighted by molar-refractivity contribution is 5.14. The first-order chi connectivity index (χ1) is 6.75. The van der Waals surface area contributed by atoms with Crippen LogP contribution in [0, 0.1) is 13.8 Å². The summed E-state index contributed by atoms with van der Waals surface area (Å²) in [5.41, 5.74) is 2.38. The van der Waals surface area contributed by atoms with Crippen molar-refractivity contribution in [2.24, 2.45) is 0 Å². The Kier molecular flexibility index (Phi) is 2.80. The molecule has 0 radical (unpaired) electrons. The van der Waals surface area contributed by atoms with Gasteiger partial charge in [-0.2, -0.15) is 0 Å². The van der Waals surface area contributed by atoms with Crippen LogP contribution in [-0.2, 0) is 0 Å². The van der Waals surface area contributed by atoms with E-state index in [0.29, 0.717) is 5.92 Å². The summed E-state index contributed by atoms with van der Waals surface area (Å²) in [4.78, 5) is 8.86. The van der Waals surface area contributed by atoms with Crippen molar-refractivity contribution < 1.29 is 0 Å². The molecule has 14 heavy (non-hydrogen) atoms. The van der Waals surface area contributed by atoms with Gasteiger partial charge in [0.05, 0.1) is 0 Å². The van der Waals surface area contributed by atoms with E-state index in [1.807, 2.05) is 6.92 Å². The summed E-state index contributed by atoms with van der Waals surface area (Å²) < 4.78 is 0. The van der Waals surface area contributed by atoms with Gasteiger partial charge in [0, 0.05) is 17.3 Å². The van der Waals surface area contributed by atoms with Crippen molar-refractivity contribution in [2.45, 2.75) is 51.9 Å². The zero-order chi connectivity index (χ0) is 9.97. The van der Waals surface area contributed by atoms with E-state index in [1.165, 1.54) is 37.8 Å². The molecule has 2 rings (SSSR count). The lowest BCUT2D eigenvalue weighted by atomic mass is 9.86. The second-order valence-electron chi connectivity index (χ2n) is 4.32. The number of hydrogen-bond donors (Lipinski definition) is 0. The number of aryl methyl sites for hydroxylation is 2. The molecule has 2 heteroatoms. The fourth-order valence-electron chi connectivity index (χ4n) is 2.35. The van der Waals surface area contributed by atoms with Gasteiger partial charge in [0.1, 0.15) is 5.82 Å². The van der Waals surface area contributed by atoms with Crippen LogP contribution in [0.1, 0.15) is 55.2 Å². The van der Waals surface area contributed by atoms with Gasteiger partial charge in [-0.3, -0.25) is 0 Å². The maximum absolute atomic E-state index is 4.55. The topological polar surface area (TPSA) is 25.8 Å². The fourth-order valence-corrected chi connectivity index (χ4v) is 2.35. The molecule has 0 amide bonds. The summed E-state index contributed by atoms with van der Waals surface area (Å²) in [7, 11) is 0. The fraction of sp³-hybridized carbons (Fsp3) is 0.667. The van der Waals surface area contributed by atoms with Gasteiger partial charge in [0.2, 0.25) is 0 Å². The Morgan fingerprint density at radius 1 is 1.07 bits per heavy atom. The van der Waals surface area contributed by atoms with Crippen LogP contribution in [0.15, 0.2) is 6.07 Å². The minimum Gasteiger partial charge on any atom is -0.239 e. The Morgan fingerprint density at radius 3 is 2.43 bits per heavy atom. The quantitative estimate of drug-likeness (QED) is 0.680. The Labute approximate surface area is 85.8 Å². The van der Waals surface area contributed by atoms with Crippen molar-refractivity contribution in [1.82, 2.24) is 9.97 Å². The first kappa shape index (κ1) is 9.63. The van der Waals surface area contributed by atoms with E-state index in [-0.39, 0.29) is 0 Å². The third-order valence-corrected chi connectivity index (χ3v) is 3.01. The van der Waals surface area contributed by atoms with Crippen LogP contribution in [0.25, 0.3) is 0 Å². The van der Waals surface area contributed by atoms with Crippen LogP contribution in [-0.4, -0.2) is 9.97 Å². The average Bonchev–Trinajstić information content (AvgIpc) is 2.18. The molecule has 0 bridgehead atoms. The second-order valence-corrected chi connectivity index (χ2v) is 4.32. The molecule has 1 saturated carbocycles. The maximum Gasteiger partial charge on any atom is 0.125 e. The van der Waals surface area contributed by atoms with Crippen molar-refractivity contribution in [3.05, 3.63) is 23.3 Å². The number of hydrogen-bond acceptors (Lipinski definition) is 2. The molecule has 1 aliphatic carbocycles. The lowest BCUT2D eigenvalue weighted by Gasteiger charge is -2.21. The lowest BCUT2D eigenvalue weighted by molar-refractivity contribution is 0.435. The Balaban J connectivity index is 2.21. The molecule has 0 unspecified atom stereocenters. The largest absolute Gasteiger partial charge is 0.239 e. The summed E-state index contributed by atoms with van der Waals surface area (Å²) in [5, 5.41) is 0. The summed E-state index contributed by atoms with van der Waals surface area (Å²) >= 11 is 0. The van der Waals surface area contributed by atoms with Gasteiger partial charge in [-0.1, -0.05) is 19.3 Å². The molecule has 0 aliphatic heterocycles. The third kappa shape index (κ3) is 2.11. The van der Waals surface area contributed by atoms with E-state index in [9.17, 15) is 0 Å². The summed E-state index contributed by atoms with van der Waals surface area (Å²) in [5.74, 6) is 1.62. The smallest absolute Gasteiger partial charge is 0.125 e. The number of nitrogens with zero attached hydrogens (tertiary/aromatic N) is 2. The second kappa shape index (κ2) is 4.07. The van der Waals surface area contributed by atoms with Crippen molar-refractivity contribution in [3.63, 3.8) is 0 Å². The molecule has 0 saturated heterocycles. The SMILES string of the molecule is Cc1cc(C2CCCCC2)nc(C)n1. The van der Waals surface area contributed by atoms with E-state index in [1.54, 1.807) is 0 Å². The Morgan fingerprint density at radius 2 is 1.79 bits per heavy atom. The molecule has 0 spiro atoms. The van der Waals surface area contributed by atoms with Crippen LogP contribution in [0.2, 0.25) is 0 Å². The molecular formula is C12H18N2. The van der Waals surface area contributed by atoms with Crippen LogP contribution in [0.3, 0.4) is 0 Å². The Bertz CT molecular complexity index is 294. The molecule has 0 N–H and O–H groups in total. The monoisotopic (exact) mass is 190 g/mol.